The van der Waals surface area contributed by atoms with Gasteiger partial charge in [-0.1, -0.05) is 38.2 Å². The van der Waals surface area contributed by atoms with Gasteiger partial charge >= 0.3 is 6.09 Å². The van der Waals surface area contributed by atoms with Gasteiger partial charge in [0, 0.05) is 43.9 Å². The third-order valence-corrected chi connectivity index (χ3v) is 7.56. The smallest absolute Gasteiger partial charge is 0.405 e. The number of benzene rings is 1. The topological polar surface area (TPSA) is 213 Å². The molecule has 7 atom stereocenters. The number of aliphatic hydroxyl groups is 3. The number of primary amides is 1. The summed E-state index contributed by atoms with van der Waals surface area (Å²) in [5.41, 5.74) is 6.52. The molecule has 9 N–H and O–H groups in total. The molecule has 1 aliphatic heterocycles. The Labute approximate surface area is 270 Å². The average molecular weight is 658 g/mol. The van der Waals surface area contributed by atoms with Gasteiger partial charge in [0.15, 0.2) is 6.10 Å². The zero-order valence-electron chi connectivity index (χ0n) is 26.5. The maximum absolute atomic E-state index is 13.0. The number of hydrogen-bond donors (Lipinski definition) is 8. The van der Waals surface area contributed by atoms with Crippen molar-refractivity contribution in [2.75, 3.05) is 38.0 Å². The molecule has 0 fully saturated rings. The fourth-order valence-electron chi connectivity index (χ4n) is 5.09. The molecule has 0 radical (unpaired) electrons. The highest BCUT2D eigenvalue weighted by Crippen LogP contribution is 2.42. The molecule has 254 valence electrons. The molecular weight excluding hydrogens is 610 g/mol. The number of carbonyl (C=O) groups excluding carboxylic acids is 2. The molecule has 14 heteroatoms. The molecule has 2 rings (SSSR count). The molecule has 0 saturated carbocycles. The summed E-state index contributed by atoms with van der Waals surface area (Å²) < 4.78 is 16.6. The van der Waals surface area contributed by atoms with E-state index in [0.29, 0.717) is 12.0 Å². The number of phenolic OH excluding ortho intramolecular Hbond substituents is 2. The third kappa shape index (κ3) is 11.2. The summed E-state index contributed by atoms with van der Waals surface area (Å²) in [6, 6.07) is 1.19. The van der Waals surface area contributed by atoms with Gasteiger partial charge < -0.3 is 56.1 Å². The van der Waals surface area contributed by atoms with Crippen LogP contribution >= 0.6 is 12.4 Å². The van der Waals surface area contributed by atoms with Gasteiger partial charge in [0.1, 0.15) is 17.6 Å². The Morgan fingerprint density at radius 3 is 2.44 bits per heavy atom. The van der Waals surface area contributed by atoms with E-state index in [1.54, 1.807) is 39.0 Å². The van der Waals surface area contributed by atoms with E-state index in [4.69, 9.17) is 19.9 Å². The summed E-state index contributed by atoms with van der Waals surface area (Å²) in [5, 5.41) is 58.0. The number of nitrogens with two attached hydrogens (primary N) is 1. The molecule has 0 spiro atoms. The largest absolute Gasteiger partial charge is 0.506 e. The average Bonchev–Trinajstić information content (AvgIpc) is 2.97. The Morgan fingerprint density at radius 1 is 1.20 bits per heavy atom. The van der Waals surface area contributed by atoms with Crippen LogP contribution in [0.1, 0.15) is 39.7 Å². The second kappa shape index (κ2) is 18.6. The van der Waals surface area contributed by atoms with Gasteiger partial charge in [-0.25, -0.2) is 4.79 Å². The van der Waals surface area contributed by atoms with Gasteiger partial charge in [-0.05, 0) is 38.2 Å². The van der Waals surface area contributed by atoms with Crippen molar-refractivity contribution in [1.29, 1.82) is 0 Å². The molecule has 2 amide bonds. The number of anilines is 2. The number of fused-ring (bicyclic) bond motifs is 2. The minimum atomic E-state index is -1.12. The highest BCUT2D eigenvalue weighted by molar-refractivity contribution is 6.04. The number of methoxy groups -OCH3 is 2. The number of hydrogen-bond acceptors (Lipinski definition) is 11. The van der Waals surface area contributed by atoms with E-state index >= 15 is 0 Å². The van der Waals surface area contributed by atoms with Crippen molar-refractivity contribution in [1.82, 2.24) is 0 Å². The van der Waals surface area contributed by atoms with Gasteiger partial charge in [-0.3, -0.25) is 4.79 Å². The lowest BCUT2D eigenvalue weighted by Crippen LogP contribution is -2.37. The van der Waals surface area contributed by atoms with Crippen LogP contribution in [-0.4, -0.2) is 95.4 Å². The van der Waals surface area contributed by atoms with Crippen molar-refractivity contribution in [2.45, 2.75) is 71.1 Å². The number of aliphatic hydroxyl groups excluding tert-OH is 3. The number of rotatable bonds is 7. The lowest BCUT2D eigenvalue weighted by Gasteiger charge is -2.29. The Bertz CT molecular complexity index is 1240. The highest BCUT2D eigenvalue weighted by Gasteiger charge is 2.30. The van der Waals surface area contributed by atoms with E-state index in [2.05, 4.69) is 10.6 Å². The summed E-state index contributed by atoms with van der Waals surface area (Å²) in [5.74, 6) is -1.85. The van der Waals surface area contributed by atoms with Crippen LogP contribution in [0, 0.1) is 11.8 Å². The quantitative estimate of drug-likeness (QED) is 0.121. The fourth-order valence-corrected chi connectivity index (χ4v) is 5.09. The van der Waals surface area contributed by atoms with Crippen molar-refractivity contribution < 1.29 is 49.3 Å². The maximum atomic E-state index is 13.0. The van der Waals surface area contributed by atoms with Gasteiger partial charge in [0.2, 0.25) is 0 Å². The summed E-state index contributed by atoms with van der Waals surface area (Å²) >= 11 is 0. The number of halogens is 1. The van der Waals surface area contributed by atoms with Crippen LogP contribution in [0.25, 0.3) is 0 Å². The van der Waals surface area contributed by atoms with Crippen molar-refractivity contribution in [3.8, 4) is 11.5 Å². The number of ether oxygens (including phenoxy) is 3. The number of allylic oxidation sites excluding steroid dienone is 2. The Kier molecular flexibility index (Phi) is 16.4. The summed E-state index contributed by atoms with van der Waals surface area (Å²) in [4.78, 5) is 24.8. The maximum Gasteiger partial charge on any atom is 0.405 e. The molecule has 0 saturated heterocycles. The number of carbonyl (C=O) groups is 2. The predicted octanol–water partition coefficient (Wildman–Crippen LogP) is 2.75. The molecule has 1 heterocycles. The fraction of sp³-hybridized carbons (Fsp3) is 0.548. The van der Waals surface area contributed by atoms with E-state index in [1.807, 2.05) is 6.92 Å². The first-order chi connectivity index (χ1) is 20.7. The molecule has 0 aliphatic carbocycles. The first-order valence-corrected chi connectivity index (χ1v) is 14.4. The molecule has 0 unspecified atom stereocenters. The van der Waals surface area contributed by atoms with Crippen molar-refractivity contribution >= 4 is 35.8 Å². The van der Waals surface area contributed by atoms with Crippen LogP contribution in [0.4, 0.5) is 16.2 Å². The monoisotopic (exact) mass is 657 g/mol. The first kappa shape index (κ1) is 39.7. The van der Waals surface area contributed by atoms with Crippen LogP contribution in [-0.2, 0) is 25.4 Å². The number of aromatic hydroxyl groups is 2. The van der Waals surface area contributed by atoms with Crippen LogP contribution in [0.15, 0.2) is 41.5 Å². The molecule has 45 heavy (non-hydrogen) atoms. The van der Waals surface area contributed by atoms with Gasteiger partial charge in [0.05, 0.1) is 36.3 Å². The van der Waals surface area contributed by atoms with Gasteiger partial charge in [-0.15, -0.1) is 12.4 Å². The Balaban J connectivity index is 0.0000101. The predicted molar refractivity (Wildman–Crippen MR) is 173 cm³/mol. The van der Waals surface area contributed by atoms with E-state index in [1.165, 1.54) is 26.4 Å². The zero-order chi connectivity index (χ0) is 33.1. The summed E-state index contributed by atoms with van der Waals surface area (Å²) in [6.45, 7) is 6.31. The molecule has 13 nitrogen and oxygen atoms in total. The van der Waals surface area contributed by atoms with Crippen molar-refractivity contribution in [3.05, 3.63) is 47.1 Å². The SMILES string of the molecule is CO[C@@H]1/C=C\C=C(\C)C(=O)Nc2cc(O)c(NC[C@H](O)CO)c(c2O)C[C@@H](C)C[C@@H](OC)[C@@H](O)[C@@H](C)/C=C(/C)[C@H]1OC(N)=O.Cl. The van der Waals surface area contributed by atoms with Gasteiger partial charge in [-0.2, -0.15) is 0 Å². The summed E-state index contributed by atoms with van der Waals surface area (Å²) in [6.07, 6.45) is 1.40. The number of amides is 2. The third-order valence-electron chi connectivity index (χ3n) is 7.56. The van der Waals surface area contributed by atoms with Crippen molar-refractivity contribution in [2.24, 2.45) is 17.6 Å². The van der Waals surface area contributed by atoms with Crippen LogP contribution in [0.5, 0.6) is 11.5 Å². The Morgan fingerprint density at radius 2 is 1.87 bits per heavy atom. The van der Waals surface area contributed by atoms with Gasteiger partial charge in [0.25, 0.3) is 5.91 Å². The van der Waals surface area contributed by atoms with E-state index in [0.717, 1.165) is 0 Å². The Hall–Kier alpha value is -3.33. The molecule has 2 bridgehead atoms. The lowest BCUT2D eigenvalue weighted by molar-refractivity contribution is -0.112. The van der Waals surface area contributed by atoms with E-state index in [9.17, 15) is 35.1 Å². The molecule has 1 aromatic carbocycles. The second-order valence-electron chi connectivity index (χ2n) is 11.2. The standard InChI is InChI=1S/C31H47N3O10.ClH/c1-16-10-21-26(33-14-20(36)15-35)23(37)13-22(28(21)39)34-30(40)17(2)8-7-9-24(42-5)29(44-31(32)41)19(4)12-18(3)27(38)25(11-16)43-6;/h7-9,12-13,16,18,20,24-25,27,29,33,35-39H,10-11,14-15H2,1-6H3,(H2,32,41)(H,34,40);1H/b9-7-,17-8-,19-12-;/t16-,18+,20+,24-,25-,27+,29-;/m1./s1. The summed E-state index contributed by atoms with van der Waals surface area (Å²) in [7, 11) is 2.90. The highest BCUT2D eigenvalue weighted by atomic mass is 35.5. The molecule has 0 aromatic heterocycles. The molecular formula is C31H48ClN3O10. The van der Waals surface area contributed by atoms with E-state index in [-0.39, 0.29) is 65.3 Å². The zero-order valence-corrected chi connectivity index (χ0v) is 27.3. The van der Waals surface area contributed by atoms with Crippen LogP contribution < -0.4 is 16.4 Å². The van der Waals surface area contributed by atoms with E-state index < -0.39 is 55.0 Å². The first-order valence-electron chi connectivity index (χ1n) is 14.4. The molecule has 1 aliphatic rings. The second-order valence-corrected chi connectivity index (χ2v) is 11.2. The normalized spacial score (nSPS) is 28.7. The minimum absolute atomic E-state index is 0. The van der Waals surface area contributed by atoms with Crippen molar-refractivity contribution in [3.63, 3.8) is 0 Å². The molecule has 1 aromatic rings. The van der Waals surface area contributed by atoms with Crippen LogP contribution in [0.3, 0.4) is 0 Å². The lowest BCUT2D eigenvalue weighted by atomic mass is 9.87. The van der Waals surface area contributed by atoms with Crippen LogP contribution in [0.2, 0.25) is 0 Å². The minimum Gasteiger partial charge on any atom is -0.506 e. The number of phenols is 2. The number of nitrogens with one attached hydrogen (secondary N) is 2.